The molecular weight excluding hydrogens is 334 g/mol. The van der Waals surface area contributed by atoms with Crippen molar-refractivity contribution in [2.75, 3.05) is 24.5 Å². The normalized spacial score (nSPS) is 12.4. The zero-order valence-corrected chi connectivity index (χ0v) is 16.4. The molecule has 2 aromatic rings. The van der Waals surface area contributed by atoms with Crippen LogP contribution < -0.4 is 10.3 Å². The molecule has 138 valence electrons. The van der Waals surface area contributed by atoms with Crippen molar-refractivity contribution < 1.29 is 4.42 Å². The number of benzene rings is 3. The van der Waals surface area contributed by atoms with E-state index in [1.807, 2.05) is 25.1 Å². The van der Waals surface area contributed by atoms with Gasteiger partial charge in [0.1, 0.15) is 11.2 Å². The van der Waals surface area contributed by atoms with Crippen molar-refractivity contribution >= 4 is 27.6 Å². The molecule has 4 rings (SSSR count). The molecule has 0 fully saturated rings. The second kappa shape index (κ2) is 7.03. The second-order valence-corrected chi connectivity index (χ2v) is 6.74. The molecule has 0 saturated carbocycles. The maximum atomic E-state index is 6.39. The molecule has 0 N–H and O–H groups in total. The Balaban J connectivity index is 2.00. The van der Waals surface area contributed by atoms with Gasteiger partial charge in [0.25, 0.3) is 0 Å². The lowest BCUT2D eigenvalue weighted by Gasteiger charge is -2.21. The molecule has 1 heterocycles. The quantitative estimate of drug-likeness (QED) is 0.373. The minimum atomic E-state index is 0.754. The Morgan fingerprint density at radius 2 is 1.81 bits per heavy atom. The van der Waals surface area contributed by atoms with Gasteiger partial charge in [0, 0.05) is 36.3 Å². The van der Waals surface area contributed by atoms with Gasteiger partial charge < -0.3 is 9.32 Å². The molecule has 4 heteroatoms. The summed E-state index contributed by atoms with van der Waals surface area (Å²) in [5, 5.41) is 3.23. The molecule has 0 atom stereocenters. The average Bonchev–Trinajstić information content (AvgIpc) is 2.70. The van der Waals surface area contributed by atoms with Gasteiger partial charge in [0.2, 0.25) is 0 Å². The highest BCUT2D eigenvalue weighted by Crippen LogP contribution is 2.32. The molecule has 27 heavy (non-hydrogen) atoms. The van der Waals surface area contributed by atoms with Crippen LogP contribution in [0.5, 0.6) is 0 Å². The molecule has 0 spiro atoms. The maximum absolute atomic E-state index is 6.39. The van der Waals surface area contributed by atoms with Crippen molar-refractivity contribution in [2.24, 2.45) is 4.99 Å². The zero-order valence-electron chi connectivity index (χ0n) is 16.4. The van der Waals surface area contributed by atoms with Crippen LogP contribution in [-0.2, 0) is 0 Å². The first kappa shape index (κ1) is 17.5. The molecule has 0 saturated heterocycles. The van der Waals surface area contributed by atoms with Crippen LogP contribution in [0.25, 0.3) is 33.3 Å². The van der Waals surface area contributed by atoms with Gasteiger partial charge in [0.15, 0.2) is 11.3 Å². The number of fused-ring (bicyclic) bond motifs is 4. The molecule has 4 nitrogen and oxygen atoms in total. The van der Waals surface area contributed by atoms with E-state index < -0.39 is 0 Å². The summed E-state index contributed by atoms with van der Waals surface area (Å²) in [5.41, 5.74) is 4.86. The van der Waals surface area contributed by atoms with Crippen LogP contribution in [0.15, 0.2) is 51.9 Å². The van der Waals surface area contributed by atoms with Crippen LogP contribution in [-0.4, -0.2) is 24.6 Å². The third kappa shape index (κ3) is 2.95. The topological polar surface area (TPSA) is 41.6 Å². The van der Waals surface area contributed by atoms with Gasteiger partial charge in [-0.05, 0) is 69.5 Å². The minimum Gasteiger partial charge on any atom is -0.452 e. The smallest absolute Gasteiger partial charge is 0.160 e. The van der Waals surface area contributed by atoms with Gasteiger partial charge in [-0.25, -0.2) is 4.98 Å². The van der Waals surface area contributed by atoms with E-state index in [0.29, 0.717) is 0 Å². The first-order valence-electron chi connectivity index (χ1n) is 9.68. The van der Waals surface area contributed by atoms with Crippen molar-refractivity contribution in [3.63, 3.8) is 0 Å². The SMILES string of the molecule is CC/N=c1\ccc2nc3ccc4cc(N(CC)CC)ccc4c3oc-2c1C. The zero-order chi connectivity index (χ0) is 19.0. The lowest BCUT2D eigenvalue weighted by molar-refractivity contribution is 0.611. The second-order valence-electron chi connectivity index (χ2n) is 6.74. The minimum absolute atomic E-state index is 0.754. The van der Waals surface area contributed by atoms with Gasteiger partial charge in [-0.3, -0.25) is 4.99 Å². The molecule has 0 aromatic heterocycles. The van der Waals surface area contributed by atoms with Crippen LogP contribution in [0.4, 0.5) is 5.69 Å². The molecule has 0 radical (unpaired) electrons. The van der Waals surface area contributed by atoms with Gasteiger partial charge in [0.05, 0.1) is 5.36 Å². The highest BCUT2D eigenvalue weighted by molar-refractivity contribution is 6.04. The Kier molecular flexibility index (Phi) is 4.56. The number of rotatable bonds is 4. The van der Waals surface area contributed by atoms with E-state index in [-0.39, 0.29) is 0 Å². The molecule has 2 aromatic carbocycles. The van der Waals surface area contributed by atoms with Crippen molar-refractivity contribution in [2.45, 2.75) is 27.7 Å². The fourth-order valence-corrected chi connectivity index (χ4v) is 3.72. The highest BCUT2D eigenvalue weighted by Gasteiger charge is 2.15. The highest BCUT2D eigenvalue weighted by atomic mass is 16.3. The van der Waals surface area contributed by atoms with Crippen LogP contribution >= 0.6 is 0 Å². The van der Waals surface area contributed by atoms with E-state index >= 15 is 0 Å². The molecule has 0 bridgehead atoms. The van der Waals surface area contributed by atoms with Crippen molar-refractivity contribution in [1.82, 2.24) is 4.98 Å². The largest absolute Gasteiger partial charge is 0.452 e. The number of anilines is 1. The molecule has 2 aliphatic rings. The van der Waals surface area contributed by atoms with E-state index in [4.69, 9.17) is 9.40 Å². The lowest BCUT2D eigenvalue weighted by Crippen LogP contribution is -2.21. The van der Waals surface area contributed by atoms with E-state index in [9.17, 15) is 0 Å². The van der Waals surface area contributed by atoms with Gasteiger partial charge in [-0.2, -0.15) is 0 Å². The Morgan fingerprint density at radius 1 is 1.00 bits per heavy atom. The Labute approximate surface area is 159 Å². The van der Waals surface area contributed by atoms with Crippen molar-refractivity contribution in [3.8, 4) is 11.5 Å². The van der Waals surface area contributed by atoms with Crippen LogP contribution in [0.2, 0.25) is 0 Å². The molecule has 0 amide bonds. The van der Waals surface area contributed by atoms with Crippen LogP contribution in [0.1, 0.15) is 26.3 Å². The summed E-state index contributed by atoms with van der Waals surface area (Å²) < 4.78 is 6.39. The Morgan fingerprint density at radius 3 is 2.56 bits per heavy atom. The van der Waals surface area contributed by atoms with Crippen LogP contribution in [0, 0.1) is 6.92 Å². The Hall–Kier alpha value is -2.88. The van der Waals surface area contributed by atoms with Gasteiger partial charge in [-0.15, -0.1) is 0 Å². The molecule has 1 aliphatic carbocycles. The number of aromatic nitrogens is 1. The summed E-state index contributed by atoms with van der Waals surface area (Å²) >= 11 is 0. The predicted octanol–water partition coefficient (Wildman–Crippen LogP) is 5.16. The Bertz CT molecular complexity index is 1160. The van der Waals surface area contributed by atoms with Gasteiger partial charge >= 0.3 is 0 Å². The summed E-state index contributed by atoms with van der Waals surface area (Å²) in [6.45, 7) is 11.2. The predicted molar refractivity (Wildman–Crippen MR) is 113 cm³/mol. The third-order valence-electron chi connectivity index (χ3n) is 5.19. The average molecular weight is 359 g/mol. The monoisotopic (exact) mass is 359 g/mol. The van der Waals surface area contributed by atoms with E-state index in [1.54, 1.807) is 0 Å². The lowest BCUT2D eigenvalue weighted by atomic mass is 10.1. The summed E-state index contributed by atoms with van der Waals surface area (Å²) in [6.07, 6.45) is 0. The van der Waals surface area contributed by atoms with E-state index in [1.165, 1.54) is 11.1 Å². The van der Waals surface area contributed by atoms with Gasteiger partial charge in [-0.1, -0.05) is 6.07 Å². The fraction of sp³-hybridized carbons (Fsp3) is 0.304. The first-order valence-corrected chi connectivity index (χ1v) is 9.68. The molecule has 1 aliphatic heterocycles. The van der Waals surface area contributed by atoms with Crippen molar-refractivity contribution in [3.05, 3.63) is 53.4 Å². The van der Waals surface area contributed by atoms with Crippen LogP contribution in [0.3, 0.4) is 0 Å². The van der Waals surface area contributed by atoms with E-state index in [2.05, 4.69) is 54.9 Å². The summed E-state index contributed by atoms with van der Waals surface area (Å²) in [4.78, 5) is 11.7. The number of nitrogens with zero attached hydrogens (tertiary/aromatic N) is 3. The fourth-order valence-electron chi connectivity index (χ4n) is 3.72. The summed E-state index contributed by atoms with van der Waals surface area (Å²) in [5.74, 6) is 0.817. The van der Waals surface area contributed by atoms with Crippen molar-refractivity contribution in [1.29, 1.82) is 0 Å². The number of hydrogen-bond acceptors (Lipinski definition) is 4. The third-order valence-corrected chi connectivity index (χ3v) is 5.19. The standard InChI is InChI=1S/C23H25N3O/c1-5-24-19-12-13-20-22(15(19)4)27-23-18-10-9-17(26(6-2)7-3)14-16(18)8-11-21(23)25-20/h8-14H,5-7H2,1-4H3/b24-19+. The van der Waals surface area contributed by atoms with E-state index in [0.717, 1.165) is 58.5 Å². The molecular formula is C23H25N3O. The maximum Gasteiger partial charge on any atom is 0.160 e. The first-order chi connectivity index (χ1) is 13.2. The number of hydrogen-bond donors (Lipinski definition) is 0. The summed E-state index contributed by atoms with van der Waals surface area (Å²) in [7, 11) is 0. The summed E-state index contributed by atoms with van der Waals surface area (Å²) in [6, 6.07) is 14.7. The molecule has 0 unspecified atom stereocenters.